The first-order valence-electron chi connectivity index (χ1n) is 4.20. The maximum absolute atomic E-state index is 5.87. The summed E-state index contributed by atoms with van der Waals surface area (Å²) < 4.78 is 0. The molecule has 0 bridgehead atoms. The van der Waals surface area contributed by atoms with Crippen molar-refractivity contribution in [3.05, 3.63) is 28.7 Å². The summed E-state index contributed by atoms with van der Waals surface area (Å²) in [5, 5.41) is 3.19. The van der Waals surface area contributed by atoms with Gasteiger partial charge in [-0.15, -0.1) is 29.5 Å². The molecule has 0 N–H and O–H groups in total. The van der Waals surface area contributed by atoms with E-state index in [4.69, 9.17) is 11.6 Å². The van der Waals surface area contributed by atoms with Crippen LogP contribution in [0.3, 0.4) is 0 Å². The Kier molecular flexibility index (Phi) is 3.51. The third kappa shape index (κ3) is 2.82. The molecule has 1 aromatic heterocycles. The van der Waals surface area contributed by atoms with Crippen LogP contribution in [0, 0.1) is 12.3 Å². The smallest absolute Gasteiger partial charge is 0.0897 e. The number of rotatable bonds is 4. The second-order valence-electron chi connectivity index (χ2n) is 3.53. The van der Waals surface area contributed by atoms with Gasteiger partial charge in [-0.25, -0.2) is 4.98 Å². The van der Waals surface area contributed by atoms with Crippen molar-refractivity contribution in [2.45, 2.75) is 20.3 Å². The highest BCUT2D eigenvalue weighted by Crippen LogP contribution is 2.25. The molecule has 0 fully saturated rings. The first kappa shape index (κ1) is 10.7. The molecule has 1 unspecified atom stereocenters. The molecule has 0 aliphatic heterocycles. The molecule has 1 nitrogen and oxygen atoms in total. The minimum Gasteiger partial charge on any atom is -0.247 e. The summed E-state index contributed by atoms with van der Waals surface area (Å²) in [5.74, 6) is 0.590. The quantitative estimate of drug-likeness (QED) is 0.554. The van der Waals surface area contributed by atoms with Gasteiger partial charge in [-0.3, -0.25) is 0 Å². The molecule has 72 valence electrons. The first-order chi connectivity index (χ1) is 6.09. The molecule has 0 saturated heterocycles. The van der Waals surface area contributed by atoms with Gasteiger partial charge in [0.1, 0.15) is 0 Å². The summed E-state index contributed by atoms with van der Waals surface area (Å²) in [4.78, 5) is 4.40. The molecule has 1 aromatic rings. The number of nitrogens with zero attached hydrogens (tertiary/aromatic N) is 1. The van der Waals surface area contributed by atoms with E-state index in [1.54, 1.807) is 11.3 Å². The Morgan fingerprint density at radius 2 is 2.46 bits per heavy atom. The van der Waals surface area contributed by atoms with Gasteiger partial charge in [0, 0.05) is 23.1 Å². The number of halogens is 1. The lowest BCUT2D eigenvalue weighted by Crippen LogP contribution is -2.18. The summed E-state index contributed by atoms with van der Waals surface area (Å²) in [5.41, 5.74) is 1.09. The Balaban J connectivity index is 2.72. The van der Waals surface area contributed by atoms with E-state index in [1.165, 1.54) is 0 Å². The normalized spacial score (nSPS) is 15.3. The fraction of sp³-hybridized carbons (Fsp3) is 0.500. The second-order valence-corrected chi connectivity index (χ2v) is 4.86. The van der Waals surface area contributed by atoms with E-state index < -0.39 is 0 Å². The van der Waals surface area contributed by atoms with E-state index in [1.807, 2.05) is 13.0 Å². The maximum Gasteiger partial charge on any atom is 0.0897 e. The van der Waals surface area contributed by atoms with Crippen LogP contribution in [0.4, 0.5) is 0 Å². The van der Waals surface area contributed by atoms with Crippen molar-refractivity contribution in [1.29, 1.82) is 0 Å². The molecule has 1 rings (SSSR count). The van der Waals surface area contributed by atoms with Gasteiger partial charge in [0.15, 0.2) is 0 Å². The molecule has 0 amide bonds. The van der Waals surface area contributed by atoms with Crippen LogP contribution in [0.5, 0.6) is 0 Å². The highest BCUT2D eigenvalue weighted by Gasteiger charge is 2.20. The van der Waals surface area contributed by atoms with Crippen LogP contribution in [-0.2, 0) is 6.42 Å². The van der Waals surface area contributed by atoms with Gasteiger partial charge in [0.2, 0.25) is 0 Å². The largest absolute Gasteiger partial charge is 0.247 e. The molecule has 3 heteroatoms. The zero-order valence-electron chi connectivity index (χ0n) is 8.01. The van der Waals surface area contributed by atoms with Gasteiger partial charge in [0.05, 0.1) is 10.7 Å². The van der Waals surface area contributed by atoms with Crippen molar-refractivity contribution in [1.82, 2.24) is 4.98 Å². The summed E-state index contributed by atoms with van der Waals surface area (Å²) in [6.07, 6.45) is 2.79. The summed E-state index contributed by atoms with van der Waals surface area (Å²) >= 11 is 7.55. The number of allylic oxidation sites excluding steroid dienone is 1. The number of thiazole rings is 1. The lowest BCUT2D eigenvalue weighted by atomic mass is 9.88. The van der Waals surface area contributed by atoms with Gasteiger partial charge in [-0.2, -0.15) is 0 Å². The lowest BCUT2D eigenvalue weighted by molar-refractivity contribution is 0.480. The van der Waals surface area contributed by atoms with Crippen molar-refractivity contribution < 1.29 is 0 Å². The van der Waals surface area contributed by atoms with E-state index in [0.717, 1.165) is 17.1 Å². The fourth-order valence-corrected chi connectivity index (χ4v) is 1.89. The van der Waals surface area contributed by atoms with Crippen molar-refractivity contribution >= 4 is 22.9 Å². The maximum atomic E-state index is 5.87. The third-order valence-corrected chi connectivity index (χ3v) is 3.48. The summed E-state index contributed by atoms with van der Waals surface area (Å²) in [7, 11) is 0. The van der Waals surface area contributed by atoms with E-state index in [9.17, 15) is 0 Å². The molecule has 1 atom stereocenters. The highest BCUT2D eigenvalue weighted by atomic mass is 35.5. The van der Waals surface area contributed by atoms with Gasteiger partial charge < -0.3 is 0 Å². The van der Waals surface area contributed by atoms with Crippen LogP contribution in [0.1, 0.15) is 17.6 Å². The average Bonchev–Trinajstić information content (AvgIpc) is 2.51. The van der Waals surface area contributed by atoms with Crippen LogP contribution in [0.15, 0.2) is 18.0 Å². The van der Waals surface area contributed by atoms with Crippen molar-refractivity contribution in [2.24, 2.45) is 5.41 Å². The Hall–Kier alpha value is -0.340. The highest BCUT2D eigenvalue weighted by molar-refractivity contribution is 7.09. The standard InChI is InChI=1S/C10H14ClNS/c1-4-10(3,7-11)5-9-6-13-8(2)12-9/h4,6H,1,5,7H2,2-3H3. The monoisotopic (exact) mass is 215 g/mol. The van der Waals surface area contributed by atoms with E-state index in [0.29, 0.717) is 5.88 Å². The topological polar surface area (TPSA) is 12.9 Å². The van der Waals surface area contributed by atoms with Crippen molar-refractivity contribution in [3.63, 3.8) is 0 Å². The first-order valence-corrected chi connectivity index (χ1v) is 5.61. The molecule has 0 saturated carbocycles. The number of hydrogen-bond donors (Lipinski definition) is 0. The van der Waals surface area contributed by atoms with Crippen molar-refractivity contribution in [3.8, 4) is 0 Å². The SMILES string of the molecule is C=CC(C)(CCl)Cc1csc(C)n1. The Morgan fingerprint density at radius 3 is 2.85 bits per heavy atom. The minimum atomic E-state index is -0.0257. The van der Waals surface area contributed by atoms with Gasteiger partial charge in [-0.05, 0) is 6.92 Å². The average molecular weight is 216 g/mol. The molecular formula is C10H14ClNS. The molecule has 0 aliphatic rings. The molecule has 0 spiro atoms. The van der Waals surface area contributed by atoms with Gasteiger partial charge in [0.25, 0.3) is 0 Å². The zero-order chi connectivity index (χ0) is 9.90. The molecule has 0 aliphatic carbocycles. The fourth-order valence-electron chi connectivity index (χ4n) is 1.08. The molecule has 0 radical (unpaired) electrons. The van der Waals surface area contributed by atoms with Crippen LogP contribution in [-0.4, -0.2) is 10.9 Å². The molecule has 13 heavy (non-hydrogen) atoms. The molecule has 1 heterocycles. The number of aryl methyl sites for hydroxylation is 1. The third-order valence-electron chi connectivity index (χ3n) is 2.05. The predicted molar refractivity (Wildman–Crippen MR) is 59.6 cm³/mol. The minimum absolute atomic E-state index is 0.0257. The van der Waals surface area contributed by atoms with E-state index >= 15 is 0 Å². The van der Waals surface area contributed by atoms with E-state index in [-0.39, 0.29) is 5.41 Å². The van der Waals surface area contributed by atoms with E-state index in [2.05, 4.69) is 23.9 Å². The van der Waals surface area contributed by atoms with Gasteiger partial charge >= 0.3 is 0 Å². The number of alkyl halides is 1. The number of aromatic nitrogens is 1. The molecule has 0 aromatic carbocycles. The second kappa shape index (κ2) is 4.25. The predicted octanol–water partition coefficient (Wildman–Crippen LogP) is 3.43. The Labute approximate surface area is 88.5 Å². The van der Waals surface area contributed by atoms with Crippen LogP contribution < -0.4 is 0 Å². The lowest BCUT2D eigenvalue weighted by Gasteiger charge is -2.20. The molecular weight excluding hydrogens is 202 g/mol. The summed E-state index contributed by atoms with van der Waals surface area (Å²) in [6.45, 7) is 7.91. The van der Waals surface area contributed by atoms with Crippen LogP contribution >= 0.6 is 22.9 Å². The summed E-state index contributed by atoms with van der Waals surface area (Å²) in [6, 6.07) is 0. The van der Waals surface area contributed by atoms with Crippen LogP contribution in [0.2, 0.25) is 0 Å². The number of hydrogen-bond acceptors (Lipinski definition) is 2. The Bertz CT molecular complexity index is 295. The zero-order valence-corrected chi connectivity index (χ0v) is 9.58. The van der Waals surface area contributed by atoms with Crippen molar-refractivity contribution in [2.75, 3.05) is 5.88 Å². The van der Waals surface area contributed by atoms with Crippen LogP contribution in [0.25, 0.3) is 0 Å². The Morgan fingerprint density at radius 1 is 1.77 bits per heavy atom. The van der Waals surface area contributed by atoms with Gasteiger partial charge in [-0.1, -0.05) is 13.0 Å².